The van der Waals surface area contributed by atoms with E-state index in [1.165, 1.54) is 11.3 Å². The highest BCUT2D eigenvalue weighted by Gasteiger charge is 2.17. The highest BCUT2D eigenvalue weighted by Crippen LogP contribution is 2.17. The molecule has 2 aromatic rings. The molecule has 26 heavy (non-hydrogen) atoms. The van der Waals surface area contributed by atoms with Crippen molar-refractivity contribution in [3.05, 3.63) is 46.7 Å². The number of carbonyl (C=O) groups is 3. The Morgan fingerprint density at radius 3 is 2.38 bits per heavy atom. The Morgan fingerprint density at radius 1 is 1.08 bits per heavy atom. The summed E-state index contributed by atoms with van der Waals surface area (Å²) in [5, 5.41) is 9.77. The van der Waals surface area contributed by atoms with Gasteiger partial charge in [0.25, 0.3) is 5.91 Å². The zero-order valence-electron chi connectivity index (χ0n) is 14.6. The van der Waals surface area contributed by atoms with Gasteiger partial charge in [0, 0.05) is 11.4 Å². The number of nitrogens with two attached hydrogens (primary N) is 1. The predicted octanol–water partition coefficient (Wildman–Crippen LogP) is 2.04. The smallest absolute Gasteiger partial charge is 0.265 e. The maximum absolute atomic E-state index is 12.1. The van der Waals surface area contributed by atoms with Gasteiger partial charge in [0.05, 0.1) is 17.5 Å². The average Bonchev–Trinajstić information content (AvgIpc) is 3.14. The third-order valence-corrected chi connectivity index (χ3v) is 4.46. The van der Waals surface area contributed by atoms with Crippen LogP contribution in [0.25, 0.3) is 0 Å². The Labute approximate surface area is 156 Å². The van der Waals surface area contributed by atoms with Gasteiger partial charge in [0.15, 0.2) is 0 Å². The molecule has 1 aromatic carbocycles. The van der Waals surface area contributed by atoms with Gasteiger partial charge in [-0.3, -0.25) is 14.4 Å². The minimum Gasteiger partial charge on any atom is -0.346 e. The van der Waals surface area contributed by atoms with Crippen LogP contribution in [-0.2, 0) is 9.59 Å². The number of thiophene rings is 1. The van der Waals surface area contributed by atoms with Crippen LogP contribution in [0.4, 0.5) is 11.4 Å². The largest absolute Gasteiger partial charge is 0.346 e. The number of benzene rings is 1. The minimum absolute atomic E-state index is 0.0123. The first-order valence-corrected chi connectivity index (χ1v) is 9.03. The van der Waals surface area contributed by atoms with Crippen LogP contribution in [-0.4, -0.2) is 30.3 Å². The molecule has 1 heterocycles. The summed E-state index contributed by atoms with van der Waals surface area (Å²) in [6.45, 7) is 3.49. The van der Waals surface area contributed by atoms with E-state index in [0.717, 1.165) is 0 Å². The summed E-state index contributed by atoms with van der Waals surface area (Å²) in [5.41, 5.74) is 6.80. The Hall–Kier alpha value is -2.71. The van der Waals surface area contributed by atoms with E-state index in [0.29, 0.717) is 16.3 Å². The average molecular weight is 374 g/mol. The second kappa shape index (κ2) is 9.12. The third kappa shape index (κ3) is 5.68. The van der Waals surface area contributed by atoms with Crippen molar-refractivity contribution >= 4 is 40.4 Å². The van der Waals surface area contributed by atoms with E-state index < -0.39 is 6.04 Å². The van der Waals surface area contributed by atoms with Crippen LogP contribution in [0.2, 0.25) is 0 Å². The number of carbonyl (C=O) groups excluding carboxylic acids is 3. The molecule has 0 radical (unpaired) electrons. The SMILES string of the molecule is CC(C)[C@H](N)C(=O)NCC(=O)Nc1cccc(NC(=O)c2cccs2)c1. The van der Waals surface area contributed by atoms with E-state index in [-0.39, 0.29) is 30.2 Å². The minimum atomic E-state index is -0.654. The van der Waals surface area contributed by atoms with Crippen LogP contribution in [0.3, 0.4) is 0 Å². The van der Waals surface area contributed by atoms with E-state index in [1.807, 2.05) is 19.2 Å². The fraction of sp³-hybridized carbons (Fsp3) is 0.278. The maximum Gasteiger partial charge on any atom is 0.265 e. The Kier molecular flexibility index (Phi) is 6.88. The van der Waals surface area contributed by atoms with Crippen molar-refractivity contribution in [1.29, 1.82) is 0 Å². The van der Waals surface area contributed by atoms with Crippen molar-refractivity contribution < 1.29 is 14.4 Å². The first-order chi connectivity index (χ1) is 12.4. The fourth-order valence-corrected chi connectivity index (χ4v) is 2.69. The molecule has 7 nitrogen and oxygen atoms in total. The van der Waals surface area contributed by atoms with E-state index in [4.69, 9.17) is 5.73 Å². The van der Waals surface area contributed by atoms with Crippen LogP contribution < -0.4 is 21.7 Å². The van der Waals surface area contributed by atoms with Crippen LogP contribution in [0.5, 0.6) is 0 Å². The van der Waals surface area contributed by atoms with Gasteiger partial charge >= 0.3 is 0 Å². The van der Waals surface area contributed by atoms with Gasteiger partial charge in [-0.25, -0.2) is 0 Å². The summed E-state index contributed by atoms with van der Waals surface area (Å²) in [7, 11) is 0. The summed E-state index contributed by atoms with van der Waals surface area (Å²) >= 11 is 1.35. The molecular formula is C18H22N4O3S. The van der Waals surface area contributed by atoms with Crippen molar-refractivity contribution in [3.63, 3.8) is 0 Å². The zero-order valence-corrected chi connectivity index (χ0v) is 15.4. The maximum atomic E-state index is 12.1. The van der Waals surface area contributed by atoms with Crippen molar-refractivity contribution in [2.45, 2.75) is 19.9 Å². The van der Waals surface area contributed by atoms with Gasteiger partial charge in [0.1, 0.15) is 0 Å². The van der Waals surface area contributed by atoms with Gasteiger partial charge < -0.3 is 21.7 Å². The van der Waals surface area contributed by atoms with Gasteiger partial charge in [-0.1, -0.05) is 26.0 Å². The summed E-state index contributed by atoms with van der Waals surface area (Å²) in [4.78, 5) is 36.4. The highest BCUT2D eigenvalue weighted by atomic mass is 32.1. The molecule has 0 bridgehead atoms. The number of amides is 3. The summed E-state index contributed by atoms with van der Waals surface area (Å²) in [6.07, 6.45) is 0. The van der Waals surface area contributed by atoms with Gasteiger partial charge in [-0.05, 0) is 35.6 Å². The lowest BCUT2D eigenvalue weighted by molar-refractivity contribution is -0.125. The molecule has 0 aliphatic carbocycles. The van der Waals surface area contributed by atoms with Crippen LogP contribution in [0.1, 0.15) is 23.5 Å². The quantitative estimate of drug-likeness (QED) is 0.594. The zero-order chi connectivity index (χ0) is 19.1. The summed E-state index contributed by atoms with van der Waals surface area (Å²) < 4.78 is 0. The Balaban J connectivity index is 1.88. The molecule has 0 spiro atoms. The van der Waals surface area contributed by atoms with Gasteiger partial charge in [-0.15, -0.1) is 11.3 Å². The van der Waals surface area contributed by atoms with E-state index in [2.05, 4.69) is 16.0 Å². The number of rotatable bonds is 7. The first kappa shape index (κ1) is 19.6. The molecule has 0 aliphatic heterocycles. The molecule has 0 saturated carbocycles. The van der Waals surface area contributed by atoms with E-state index in [9.17, 15) is 14.4 Å². The lowest BCUT2D eigenvalue weighted by Gasteiger charge is -2.15. The highest BCUT2D eigenvalue weighted by molar-refractivity contribution is 7.12. The lowest BCUT2D eigenvalue weighted by atomic mass is 10.1. The molecule has 0 saturated heterocycles. The molecule has 0 unspecified atom stereocenters. The summed E-state index contributed by atoms with van der Waals surface area (Å²) in [5.74, 6) is -0.969. The second-order valence-corrected chi connectivity index (χ2v) is 7.00. The standard InChI is InChI=1S/C18H22N4O3S/c1-11(2)16(19)18(25)20-10-15(23)21-12-5-3-6-13(9-12)22-17(24)14-7-4-8-26-14/h3-9,11,16H,10,19H2,1-2H3,(H,20,25)(H,21,23)(H,22,24)/t16-/m0/s1. The van der Waals surface area contributed by atoms with Gasteiger partial charge in [0.2, 0.25) is 11.8 Å². The van der Waals surface area contributed by atoms with E-state index >= 15 is 0 Å². The second-order valence-electron chi connectivity index (χ2n) is 6.05. The van der Waals surface area contributed by atoms with Crippen LogP contribution in [0, 0.1) is 5.92 Å². The molecule has 1 atom stereocenters. The number of anilines is 2. The van der Waals surface area contributed by atoms with Crippen LogP contribution >= 0.6 is 11.3 Å². The topological polar surface area (TPSA) is 113 Å². The number of hydrogen-bond donors (Lipinski definition) is 4. The monoisotopic (exact) mass is 374 g/mol. The van der Waals surface area contributed by atoms with Crippen molar-refractivity contribution in [2.24, 2.45) is 11.7 Å². The van der Waals surface area contributed by atoms with Gasteiger partial charge in [-0.2, -0.15) is 0 Å². The first-order valence-electron chi connectivity index (χ1n) is 8.15. The Morgan fingerprint density at radius 2 is 1.77 bits per heavy atom. The summed E-state index contributed by atoms with van der Waals surface area (Å²) in [6, 6.07) is 9.66. The molecule has 5 N–H and O–H groups in total. The third-order valence-electron chi connectivity index (χ3n) is 3.59. The molecule has 3 amide bonds. The van der Waals surface area contributed by atoms with E-state index in [1.54, 1.807) is 36.4 Å². The van der Waals surface area contributed by atoms with Crippen LogP contribution in [0.15, 0.2) is 41.8 Å². The van der Waals surface area contributed by atoms with Crippen molar-refractivity contribution in [2.75, 3.05) is 17.2 Å². The fourth-order valence-electron chi connectivity index (χ4n) is 2.07. The molecule has 138 valence electrons. The normalized spacial score (nSPS) is 11.7. The number of hydrogen-bond acceptors (Lipinski definition) is 5. The molecular weight excluding hydrogens is 352 g/mol. The van der Waals surface area contributed by atoms with Crippen molar-refractivity contribution in [3.8, 4) is 0 Å². The number of nitrogens with one attached hydrogen (secondary N) is 3. The predicted molar refractivity (Wildman–Crippen MR) is 103 cm³/mol. The van der Waals surface area contributed by atoms with Crippen molar-refractivity contribution in [1.82, 2.24) is 5.32 Å². The molecule has 1 aromatic heterocycles. The molecule has 8 heteroatoms. The molecule has 2 rings (SSSR count). The Bertz CT molecular complexity index is 775. The molecule has 0 fully saturated rings. The lowest BCUT2D eigenvalue weighted by Crippen LogP contribution is -2.46. The molecule has 0 aliphatic rings.